The van der Waals surface area contributed by atoms with Crippen molar-refractivity contribution in [1.82, 2.24) is 0 Å². The zero-order chi connectivity index (χ0) is 21.3. The van der Waals surface area contributed by atoms with Gasteiger partial charge in [0.1, 0.15) is 6.61 Å². The third kappa shape index (κ3) is 3.51. The van der Waals surface area contributed by atoms with Crippen molar-refractivity contribution in [2.45, 2.75) is 44.6 Å². The molecule has 0 bridgehead atoms. The highest BCUT2D eigenvalue weighted by Gasteiger charge is 2.34. The molecule has 1 fully saturated rings. The summed E-state index contributed by atoms with van der Waals surface area (Å²) in [6, 6.07) is 9.08. The highest BCUT2D eigenvalue weighted by molar-refractivity contribution is 5.97. The number of aliphatic carboxylic acids is 1. The first-order chi connectivity index (χ1) is 14.5. The highest BCUT2D eigenvalue weighted by Crippen LogP contribution is 2.47. The topological polar surface area (TPSA) is 82.1 Å². The summed E-state index contributed by atoms with van der Waals surface area (Å²) in [5, 5.41) is 10.2. The molecule has 0 radical (unpaired) electrons. The standard InChI is InChI=1S/C24H26O6/c1-28-20-11-10-16(15-8-5-9-17-19(15)13-30-24(17)27)21(22(20)29-2)18(23(25)26)12-14-6-3-4-7-14/h5,8-11,14,18H,3-4,6-7,12-13H2,1-2H3,(H,25,26). The Morgan fingerprint density at radius 2 is 1.83 bits per heavy atom. The van der Waals surface area contributed by atoms with Crippen molar-refractivity contribution in [2.75, 3.05) is 14.2 Å². The van der Waals surface area contributed by atoms with E-state index in [2.05, 4.69) is 0 Å². The minimum Gasteiger partial charge on any atom is -0.493 e. The summed E-state index contributed by atoms with van der Waals surface area (Å²) in [6.07, 6.45) is 4.94. The molecule has 1 heterocycles. The van der Waals surface area contributed by atoms with Gasteiger partial charge in [-0.1, -0.05) is 43.9 Å². The molecule has 1 atom stereocenters. The van der Waals surface area contributed by atoms with E-state index in [0.29, 0.717) is 35.0 Å². The first kappa shape index (κ1) is 20.3. The van der Waals surface area contributed by atoms with E-state index in [1.54, 1.807) is 25.3 Å². The zero-order valence-corrected chi connectivity index (χ0v) is 17.3. The van der Waals surface area contributed by atoms with E-state index in [4.69, 9.17) is 14.2 Å². The molecule has 1 saturated carbocycles. The quantitative estimate of drug-likeness (QED) is 0.661. The Kier molecular flexibility index (Phi) is 5.66. The summed E-state index contributed by atoms with van der Waals surface area (Å²) in [4.78, 5) is 24.5. The third-order valence-corrected chi connectivity index (χ3v) is 6.31. The fraction of sp³-hybridized carbons (Fsp3) is 0.417. The molecule has 6 heteroatoms. The SMILES string of the molecule is COc1ccc(-c2cccc3c2COC3=O)c(C(CC2CCCC2)C(=O)O)c1OC. The van der Waals surface area contributed by atoms with Crippen molar-refractivity contribution in [2.24, 2.45) is 5.92 Å². The van der Waals surface area contributed by atoms with Gasteiger partial charge in [0, 0.05) is 11.1 Å². The van der Waals surface area contributed by atoms with E-state index in [1.165, 1.54) is 7.11 Å². The van der Waals surface area contributed by atoms with E-state index in [1.807, 2.05) is 12.1 Å². The maximum atomic E-state index is 12.4. The average Bonchev–Trinajstić information content (AvgIpc) is 3.40. The molecule has 6 nitrogen and oxygen atoms in total. The number of carbonyl (C=O) groups is 2. The van der Waals surface area contributed by atoms with E-state index in [0.717, 1.165) is 42.4 Å². The van der Waals surface area contributed by atoms with Crippen LogP contribution in [0.3, 0.4) is 0 Å². The van der Waals surface area contributed by atoms with Crippen LogP contribution < -0.4 is 9.47 Å². The number of esters is 1. The lowest BCUT2D eigenvalue weighted by atomic mass is 9.82. The third-order valence-electron chi connectivity index (χ3n) is 6.31. The van der Waals surface area contributed by atoms with Crippen molar-refractivity contribution in [3.8, 4) is 22.6 Å². The molecule has 1 unspecified atom stereocenters. The molecule has 0 amide bonds. The monoisotopic (exact) mass is 410 g/mol. The summed E-state index contributed by atoms with van der Waals surface area (Å²) >= 11 is 0. The van der Waals surface area contributed by atoms with Gasteiger partial charge in [-0.15, -0.1) is 0 Å². The molecule has 2 aromatic carbocycles. The number of benzene rings is 2. The Balaban J connectivity index is 1.92. The van der Waals surface area contributed by atoms with Crippen LogP contribution in [-0.2, 0) is 16.1 Å². The lowest BCUT2D eigenvalue weighted by Crippen LogP contribution is -2.17. The molecule has 0 aromatic heterocycles. The summed E-state index contributed by atoms with van der Waals surface area (Å²) in [5.74, 6) is -0.662. The fourth-order valence-corrected chi connectivity index (χ4v) is 4.85. The highest BCUT2D eigenvalue weighted by atomic mass is 16.5. The first-order valence-electron chi connectivity index (χ1n) is 10.3. The van der Waals surface area contributed by atoms with Crippen LogP contribution in [0.15, 0.2) is 30.3 Å². The lowest BCUT2D eigenvalue weighted by molar-refractivity contribution is -0.139. The Bertz CT molecular complexity index is 974. The van der Waals surface area contributed by atoms with Gasteiger partial charge in [-0.05, 0) is 35.6 Å². The molecular weight excluding hydrogens is 384 g/mol. The Labute approximate surface area is 175 Å². The smallest absolute Gasteiger partial charge is 0.338 e. The molecule has 158 valence electrons. The van der Waals surface area contributed by atoms with Gasteiger partial charge in [0.05, 0.1) is 25.7 Å². The molecule has 1 aliphatic heterocycles. The predicted molar refractivity (Wildman–Crippen MR) is 111 cm³/mol. The number of carbonyl (C=O) groups excluding carboxylic acids is 1. The van der Waals surface area contributed by atoms with Crippen molar-refractivity contribution in [3.05, 3.63) is 47.0 Å². The Morgan fingerprint density at radius 1 is 1.10 bits per heavy atom. The van der Waals surface area contributed by atoms with Gasteiger partial charge in [0.25, 0.3) is 0 Å². The molecule has 4 rings (SSSR count). The van der Waals surface area contributed by atoms with Gasteiger partial charge in [-0.25, -0.2) is 4.79 Å². The van der Waals surface area contributed by atoms with Gasteiger partial charge in [-0.3, -0.25) is 4.79 Å². The number of cyclic esters (lactones) is 1. The molecule has 1 aliphatic carbocycles. The van der Waals surface area contributed by atoms with Crippen molar-refractivity contribution in [3.63, 3.8) is 0 Å². The number of methoxy groups -OCH3 is 2. The van der Waals surface area contributed by atoms with Crippen LogP contribution >= 0.6 is 0 Å². The molecule has 30 heavy (non-hydrogen) atoms. The number of fused-ring (bicyclic) bond motifs is 1. The fourth-order valence-electron chi connectivity index (χ4n) is 4.85. The molecule has 2 aromatic rings. The largest absolute Gasteiger partial charge is 0.493 e. The number of rotatable bonds is 7. The van der Waals surface area contributed by atoms with E-state index >= 15 is 0 Å². The zero-order valence-electron chi connectivity index (χ0n) is 17.3. The van der Waals surface area contributed by atoms with Crippen LogP contribution in [0.25, 0.3) is 11.1 Å². The van der Waals surface area contributed by atoms with Gasteiger partial charge < -0.3 is 19.3 Å². The van der Waals surface area contributed by atoms with Crippen molar-refractivity contribution < 1.29 is 28.9 Å². The number of carboxylic acid groups (broad SMARTS) is 1. The van der Waals surface area contributed by atoms with Crippen LogP contribution in [0.1, 0.15) is 59.5 Å². The summed E-state index contributed by atoms with van der Waals surface area (Å²) in [7, 11) is 3.07. The molecule has 0 saturated heterocycles. The van der Waals surface area contributed by atoms with Gasteiger partial charge in [0.15, 0.2) is 11.5 Å². The van der Waals surface area contributed by atoms with E-state index in [9.17, 15) is 14.7 Å². The predicted octanol–water partition coefficient (Wildman–Crippen LogP) is 4.79. The average molecular weight is 410 g/mol. The second-order valence-electron chi connectivity index (χ2n) is 7.95. The molecule has 1 N–H and O–H groups in total. The Morgan fingerprint density at radius 3 is 2.50 bits per heavy atom. The number of ether oxygens (including phenoxy) is 3. The van der Waals surface area contributed by atoms with Crippen LogP contribution in [0.4, 0.5) is 0 Å². The van der Waals surface area contributed by atoms with Crippen molar-refractivity contribution >= 4 is 11.9 Å². The van der Waals surface area contributed by atoms with Crippen LogP contribution in [-0.4, -0.2) is 31.3 Å². The van der Waals surface area contributed by atoms with Gasteiger partial charge in [-0.2, -0.15) is 0 Å². The number of hydrogen-bond donors (Lipinski definition) is 1. The van der Waals surface area contributed by atoms with Crippen LogP contribution in [0, 0.1) is 5.92 Å². The van der Waals surface area contributed by atoms with Gasteiger partial charge in [0.2, 0.25) is 0 Å². The second-order valence-corrected chi connectivity index (χ2v) is 7.95. The lowest BCUT2D eigenvalue weighted by Gasteiger charge is -2.24. The number of carboxylic acids is 1. The first-order valence-corrected chi connectivity index (χ1v) is 10.3. The summed E-state index contributed by atoms with van der Waals surface area (Å²) < 4.78 is 16.4. The molecule has 0 spiro atoms. The number of hydrogen-bond acceptors (Lipinski definition) is 5. The van der Waals surface area contributed by atoms with Gasteiger partial charge >= 0.3 is 11.9 Å². The van der Waals surface area contributed by atoms with Crippen LogP contribution in [0.5, 0.6) is 11.5 Å². The van der Waals surface area contributed by atoms with Crippen LogP contribution in [0.2, 0.25) is 0 Å². The summed E-state index contributed by atoms with van der Waals surface area (Å²) in [5.41, 5.74) is 3.45. The van der Waals surface area contributed by atoms with Crippen molar-refractivity contribution in [1.29, 1.82) is 0 Å². The molecule has 2 aliphatic rings. The van der Waals surface area contributed by atoms with E-state index in [-0.39, 0.29) is 12.6 Å². The summed E-state index contributed by atoms with van der Waals surface area (Å²) in [6.45, 7) is 0.179. The normalized spacial score (nSPS) is 16.8. The maximum absolute atomic E-state index is 12.4. The Hall–Kier alpha value is -3.02. The minimum atomic E-state index is -0.880. The maximum Gasteiger partial charge on any atom is 0.338 e. The molecular formula is C24H26O6. The second kappa shape index (κ2) is 8.38. The minimum absolute atomic E-state index is 0.179. The van der Waals surface area contributed by atoms with E-state index < -0.39 is 11.9 Å².